The second-order valence-electron chi connectivity index (χ2n) is 7.57. The monoisotopic (exact) mass is 277 g/mol. The third-order valence-corrected chi connectivity index (χ3v) is 6.73. The van der Waals surface area contributed by atoms with Crippen molar-refractivity contribution in [1.82, 2.24) is 4.90 Å². The third-order valence-electron chi connectivity index (χ3n) is 6.73. The molecule has 110 valence electrons. The number of ether oxygens (including phenoxy) is 2. The van der Waals surface area contributed by atoms with Gasteiger partial charge in [-0.1, -0.05) is 0 Å². The van der Waals surface area contributed by atoms with Gasteiger partial charge in [0.1, 0.15) is 12.6 Å². The molecule has 0 aromatic carbocycles. The maximum Gasteiger partial charge on any atom is 0.147 e. The van der Waals surface area contributed by atoms with E-state index in [0.29, 0.717) is 48.6 Å². The van der Waals surface area contributed by atoms with Crippen molar-refractivity contribution in [2.24, 2.45) is 23.7 Å². The fourth-order valence-electron chi connectivity index (χ4n) is 6.01. The predicted octanol–water partition coefficient (Wildman–Crippen LogP) is 1.44. The van der Waals surface area contributed by atoms with Crippen molar-refractivity contribution >= 4 is 5.78 Å². The molecule has 0 N–H and O–H groups in total. The molecule has 0 bridgehead atoms. The summed E-state index contributed by atoms with van der Waals surface area (Å²) in [7, 11) is 0. The van der Waals surface area contributed by atoms with Gasteiger partial charge in [-0.3, -0.25) is 9.69 Å². The minimum absolute atomic E-state index is 0.305. The lowest BCUT2D eigenvalue weighted by molar-refractivity contribution is -0.130. The molecule has 4 heteroatoms. The molecule has 3 saturated heterocycles. The van der Waals surface area contributed by atoms with Gasteiger partial charge in [-0.15, -0.1) is 0 Å². The number of carbonyl (C=O) groups is 1. The van der Waals surface area contributed by atoms with Crippen LogP contribution >= 0.6 is 0 Å². The van der Waals surface area contributed by atoms with Gasteiger partial charge in [-0.05, 0) is 49.5 Å². The first-order valence-electron chi connectivity index (χ1n) is 8.28. The number of carbonyl (C=O) groups excluding carboxylic acids is 1. The molecule has 5 aliphatic rings. The Bertz CT molecular complexity index is 439. The Morgan fingerprint density at radius 2 is 1.85 bits per heavy atom. The highest BCUT2D eigenvalue weighted by Crippen LogP contribution is 2.52. The van der Waals surface area contributed by atoms with E-state index in [-0.39, 0.29) is 0 Å². The number of ketones is 1. The standard InChI is InChI=1S/C16H23NO3/c18-11-3-9-1-2-17-7-10-4-14-15(20-8-19-14)6-12(10)13(5-11)16(9)17/h9-10,12-16H,1-8H2. The van der Waals surface area contributed by atoms with Crippen molar-refractivity contribution in [3.05, 3.63) is 0 Å². The number of fused-ring (bicyclic) bond motifs is 3. The van der Waals surface area contributed by atoms with E-state index in [4.69, 9.17) is 9.47 Å². The largest absolute Gasteiger partial charge is 0.349 e. The normalized spacial score (nSPS) is 54.4. The van der Waals surface area contributed by atoms with E-state index in [1.54, 1.807) is 0 Å². The number of hydrogen-bond donors (Lipinski definition) is 0. The molecule has 20 heavy (non-hydrogen) atoms. The summed E-state index contributed by atoms with van der Waals surface area (Å²) in [6.45, 7) is 2.94. The SMILES string of the molecule is O=C1CC2CCN3CC4CC5OCOC5CC4C(C1)C23. The van der Waals surface area contributed by atoms with Gasteiger partial charge in [-0.2, -0.15) is 0 Å². The van der Waals surface area contributed by atoms with Gasteiger partial charge in [0.05, 0.1) is 12.2 Å². The summed E-state index contributed by atoms with van der Waals surface area (Å²) >= 11 is 0. The molecule has 0 amide bonds. The van der Waals surface area contributed by atoms with E-state index < -0.39 is 0 Å². The van der Waals surface area contributed by atoms with Crippen LogP contribution in [-0.4, -0.2) is 48.8 Å². The van der Waals surface area contributed by atoms with Gasteiger partial charge in [0, 0.05) is 25.4 Å². The van der Waals surface area contributed by atoms with Crippen LogP contribution in [0.4, 0.5) is 0 Å². The molecule has 4 nitrogen and oxygen atoms in total. The quantitative estimate of drug-likeness (QED) is 0.671. The summed E-state index contributed by atoms with van der Waals surface area (Å²) in [4.78, 5) is 14.8. The Kier molecular flexibility index (Phi) is 2.59. The van der Waals surface area contributed by atoms with Gasteiger partial charge < -0.3 is 9.47 Å². The van der Waals surface area contributed by atoms with Crippen LogP contribution in [0.2, 0.25) is 0 Å². The second kappa shape index (κ2) is 4.28. The average molecular weight is 277 g/mol. The fraction of sp³-hybridized carbons (Fsp3) is 0.938. The maximum absolute atomic E-state index is 12.1. The zero-order valence-electron chi connectivity index (χ0n) is 11.9. The van der Waals surface area contributed by atoms with Gasteiger partial charge in [0.25, 0.3) is 0 Å². The lowest BCUT2D eigenvalue weighted by Crippen LogP contribution is -2.58. The summed E-state index contributed by atoms with van der Waals surface area (Å²) < 4.78 is 11.5. The molecule has 3 heterocycles. The van der Waals surface area contributed by atoms with E-state index in [0.717, 1.165) is 31.6 Å². The van der Waals surface area contributed by atoms with Gasteiger partial charge in [0.15, 0.2) is 0 Å². The van der Waals surface area contributed by atoms with Crippen LogP contribution in [0.3, 0.4) is 0 Å². The molecule has 5 fully saturated rings. The van der Waals surface area contributed by atoms with Crippen molar-refractivity contribution < 1.29 is 14.3 Å². The molecule has 5 rings (SSSR count). The van der Waals surface area contributed by atoms with Crippen LogP contribution in [0.1, 0.15) is 32.1 Å². The molecule has 7 unspecified atom stereocenters. The summed E-state index contributed by atoms with van der Waals surface area (Å²) in [6.07, 6.45) is 5.83. The molecule has 7 atom stereocenters. The minimum atomic E-state index is 0.305. The molecular weight excluding hydrogens is 254 g/mol. The first-order chi connectivity index (χ1) is 9.79. The molecular formula is C16H23NO3. The summed E-state index contributed by atoms with van der Waals surface area (Å²) in [5.74, 6) is 3.20. The van der Waals surface area contributed by atoms with E-state index in [1.165, 1.54) is 19.5 Å². The summed E-state index contributed by atoms with van der Waals surface area (Å²) in [5.41, 5.74) is 0. The molecule has 0 spiro atoms. The zero-order valence-corrected chi connectivity index (χ0v) is 11.9. The Hall–Kier alpha value is -0.450. The maximum atomic E-state index is 12.1. The van der Waals surface area contributed by atoms with Gasteiger partial charge in [-0.25, -0.2) is 0 Å². The van der Waals surface area contributed by atoms with Gasteiger partial charge in [0.2, 0.25) is 0 Å². The first kappa shape index (κ1) is 12.1. The van der Waals surface area contributed by atoms with Crippen LogP contribution in [0, 0.1) is 23.7 Å². The van der Waals surface area contributed by atoms with Crippen LogP contribution in [-0.2, 0) is 14.3 Å². The Balaban J connectivity index is 1.46. The topological polar surface area (TPSA) is 38.8 Å². The van der Waals surface area contributed by atoms with Crippen molar-refractivity contribution in [3.63, 3.8) is 0 Å². The molecule has 2 saturated carbocycles. The smallest absolute Gasteiger partial charge is 0.147 e. The van der Waals surface area contributed by atoms with Crippen molar-refractivity contribution in [3.8, 4) is 0 Å². The Morgan fingerprint density at radius 1 is 1.00 bits per heavy atom. The highest BCUT2D eigenvalue weighted by atomic mass is 16.7. The van der Waals surface area contributed by atoms with Crippen molar-refractivity contribution in [1.29, 1.82) is 0 Å². The number of Topliss-reactive ketones (excluding diaryl/α,β-unsaturated/α-hetero) is 1. The Morgan fingerprint density at radius 3 is 2.75 bits per heavy atom. The number of piperidine rings is 1. The van der Waals surface area contributed by atoms with Crippen LogP contribution < -0.4 is 0 Å². The number of nitrogens with zero attached hydrogens (tertiary/aromatic N) is 1. The fourth-order valence-corrected chi connectivity index (χ4v) is 6.01. The van der Waals surface area contributed by atoms with Crippen LogP contribution in [0.5, 0.6) is 0 Å². The van der Waals surface area contributed by atoms with E-state index in [9.17, 15) is 4.79 Å². The molecule has 3 aliphatic heterocycles. The Labute approximate surface area is 119 Å². The lowest BCUT2D eigenvalue weighted by atomic mass is 9.60. The minimum Gasteiger partial charge on any atom is -0.349 e. The second-order valence-corrected chi connectivity index (χ2v) is 7.57. The molecule has 0 aromatic heterocycles. The average Bonchev–Trinajstić information content (AvgIpc) is 3.04. The van der Waals surface area contributed by atoms with E-state index >= 15 is 0 Å². The number of hydrogen-bond acceptors (Lipinski definition) is 4. The lowest BCUT2D eigenvalue weighted by Gasteiger charge is -2.53. The summed E-state index contributed by atoms with van der Waals surface area (Å²) in [5, 5.41) is 0. The molecule has 0 aromatic rings. The highest BCUT2D eigenvalue weighted by Gasteiger charge is 2.55. The zero-order chi connectivity index (χ0) is 13.3. The molecule has 2 aliphatic carbocycles. The van der Waals surface area contributed by atoms with E-state index in [1.807, 2.05) is 0 Å². The highest BCUT2D eigenvalue weighted by molar-refractivity contribution is 5.80. The first-order valence-corrected chi connectivity index (χ1v) is 8.28. The molecule has 0 radical (unpaired) electrons. The van der Waals surface area contributed by atoms with Gasteiger partial charge >= 0.3 is 0 Å². The third kappa shape index (κ3) is 1.62. The predicted molar refractivity (Wildman–Crippen MR) is 72.0 cm³/mol. The van der Waals surface area contributed by atoms with Crippen LogP contribution in [0.15, 0.2) is 0 Å². The summed E-state index contributed by atoms with van der Waals surface area (Å²) in [6, 6.07) is 0.702. The van der Waals surface area contributed by atoms with Crippen LogP contribution in [0.25, 0.3) is 0 Å². The van der Waals surface area contributed by atoms with Crippen molar-refractivity contribution in [2.75, 3.05) is 19.9 Å². The number of rotatable bonds is 0. The van der Waals surface area contributed by atoms with Crippen molar-refractivity contribution in [2.45, 2.75) is 50.4 Å². The van der Waals surface area contributed by atoms with E-state index in [2.05, 4.69) is 4.90 Å².